The summed E-state index contributed by atoms with van der Waals surface area (Å²) in [5, 5.41) is 42.3. The molecular weight excluding hydrogens is 896 g/mol. The van der Waals surface area contributed by atoms with Crippen LogP contribution in [0.4, 0.5) is 0 Å². The summed E-state index contributed by atoms with van der Waals surface area (Å²) in [4.78, 5) is 0. The standard InChI is InChI=1S/2C12H27P.2C6H8N2P.C2H5.4ClH.2Ni/c2*1-4-7-10-13(11-8-5-2)12-9-6-3;2*7-3-1-5-9-6-2-4-8;1-2;;;;;;/h2*4-12H2,1-3H3;2*1-2,5-6H2;1H2,2H3;4*1H;;/q;;2*-1;;;;;;2*+2/p-2. The summed E-state index contributed by atoms with van der Waals surface area (Å²) in [6, 6.07) is 4.69. The molecule has 317 valence electrons. The predicted octanol–water partition coefficient (Wildman–Crippen LogP) is 16.4. The van der Waals surface area contributed by atoms with Crippen molar-refractivity contribution in [2.75, 3.05) is 61.6 Å². The van der Waals surface area contributed by atoms with Crippen LogP contribution in [0.25, 0.3) is 0 Å². The zero-order valence-corrected chi connectivity index (χ0v) is 42.7. The molecule has 0 rings (SSSR count). The van der Waals surface area contributed by atoms with E-state index in [0.29, 0.717) is 63.0 Å². The Morgan fingerprint density at radius 2 is 0.654 bits per heavy atom. The van der Waals surface area contributed by atoms with E-state index in [2.05, 4.69) is 72.7 Å². The zero-order valence-electron chi connectivity index (χ0n) is 33.9. The molecule has 4 nitrogen and oxygen atoms in total. The Hall–Kier alpha value is 1.83. The van der Waals surface area contributed by atoms with Crippen LogP contribution in [0.2, 0.25) is 5.39 Å². The molecule has 0 spiro atoms. The van der Waals surface area contributed by atoms with Gasteiger partial charge in [-0.15, -0.1) is 0 Å². The number of hydrogen-bond acceptors (Lipinski definition) is 4. The normalized spacial score (nSPS) is 14.8. The number of unbranched alkanes of at least 4 members (excludes halogenated alkanes) is 6. The van der Waals surface area contributed by atoms with E-state index in [1.165, 1.54) is 0 Å². The summed E-state index contributed by atoms with van der Waals surface area (Å²) in [6.07, 6.45) is 24.6. The molecule has 0 saturated heterocycles. The summed E-state index contributed by atoms with van der Waals surface area (Å²) >= 11 is 0.569. The van der Waals surface area contributed by atoms with Gasteiger partial charge < -0.3 is 0 Å². The summed E-state index contributed by atoms with van der Waals surface area (Å²) in [7, 11) is 29.9. The molecule has 0 heterocycles. The van der Waals surface area contributed by atoms with Gasteiger partial charge in [0.1, 0.15) is 0 Å². The SMILES string of the molecule is CCCC[PH](CCCC)(CCCC)[Ni]([Cl])([Cl])([CH2]C)([P](CCC#N)CCC#N)([P](CCC#N)CCC#N)[PH](CCCC)(CCCC)CCCC.[Cl][Ni][Cl]. The molecule has 0 unspecified atom stereocenters. The van der Waals surface area contributed by atoms with Crippen molar-refractivity contribution in [2.24, 2.45) is 0 Å². The molecule has 0 aliphatic carbocycles. The second-order valence-electron chi connectivity index (χ2n) is 14.0. The molecule has 0 aromatic carbocycles. The van der Waals surface area contributed by atoms with Crippen LogP contribution < -0.4 is 0 Å². The Morgan fingerprint density at radius 3 is 0.788 bits per heavy atom. The minimum atomic E-state index is -5.26. The first kappa shape index (κ1) is 55.9. The van der Waals surface area contributed by atoms with Crippen LogP contribution >= 0.6 is 66.2 Å². The second-order valence-corrected chi connectivity index (χ2v) is 77.2. The van der Waals surface area contributed by atoms with E-state index in [9.17, 15) is 41.4 Å². The fourth-order valence-electron chi connectivity index (χ4n) is 8.79. The van der Waals surface area contributed by atoms with Crippen LogP contribution in [0.15, 0.2) is 0 Å². The maximum atomic E-state index is 10.4. The van der Waals surface area contributed by atoms with Crippen molar-refractivity contribution in [1.82, 2.24) is 0 Å². The number of rotatable bonds is 31. The molecule has 0 amide bonds. The Morgan fingerprint density at radius 1 is 0.462 bits per heavy atom. The van der Waals surface area contributed by atoms with Crippen LogP contribution in [-0.2, 0) is 18.4 Å². The molecular formula is C38H77Cl4N4Ni2P4. The van der Waals surface area contributed by atoms with Crippen LogP contribution in [0.5, 0.6) is 0 Å². The van der Waals surface area contributed by atoms with E-state index >= 15 is 0 Å². The molecule has 0 saturated carbocycles. The van der Waals surface area contributed by atoms with Crippen molar-refractivity contribution < 1.29 is 18.4 Å². The van der Waals surface area contributed by atoms with Gasteiger partial charge >= 0.3 is 348 Å². The van der Waals surface area contributed by atoms with E-state index < -0.39 is 31.3 Å². The van der Waals surface area contributed by atoms with Crippen molar-refractivity contribution in [1.29, 1.82) is 21.0 Å². The van der Waals surface area contributed by atoms with Crippen molar-refractivity contribution in [3.63, 3.8) is 0 Å². The Kier molecular flexibility index (Phi) is 28.8. The Bertz CT molecular complexity index is 1040. The van der Waals surface area contributed by atoms with Crippen molar-refractivity contribution in [3.05, 3.63) is 0 Å². The second kappa shape index (κ2) is 26.8. The van der Waals surface area contributed by atoms with E-state index in [4.69, 9.17) is 20.4 Å². The van der Waals surface area contributed by atoms with Gasteiger partial charge in [0.2, 0.25) is 0 Å². The molecule has 52 heavy (non-hydrogen) atoms. The van der Waals surface area contributed by atoms with Gasteiger partial charge in [-0.25, -0.2) is 0 Å². The summed E-state index contributed by atoms with van der Waals surface area (Å²) in [5.41, 5.74) is 0. The summed E-state index contributed by atoms with van der Waals surface area (Å²) in [6.45, 7) is 14.0. The predicted molar refractivity (Wildman–Crippen MR) is 243 cm³/mol. The first-order valence-corrected chi connectivity index (χ1v) is 39.7. The Labute approximate surface area is 345 Å². The van der Waals surface area contributed by atoms with Crippen LogP contribution in [0.1, 0.15) is 151 Å². The average Bonchev–Trinajstić information content (AvgIpc) is 3.14. The van der Waals surface area contributed by atoms with Crippen LogP contribution in [0.3, 0.4) is 0 Å². The number of halogens is 4. The van der Waals surface area contributed by atoms with Gasteiger partial charge in [-0.3, -0.25) is 0 Å². The molecule has 0 radical (unpaired) electrons. The molecule has 14 heteroatoms. The molecule has 0 aliphatic heterocycles. The van der Waals surface area contributed by atoms with Gasteiger partial charge in [0.25, 0.3) is 0 Å². The average molecular weight is 973 g/mol. The fourth-order valence-corrected chi connectivity index (χ4v) is 144. The van der Waals surface area contributed by atoms with Gasteiger partial charge in [-0.1, -0.05) is 0 Å². The van der Waals surface area contributed by atoms with E-state index in [-0.39, 0.29) is 0 Å². The monoisotopic (exact) mass is 969 g/mol. The minimum absolute atomic E-state index is 0.420. The van der Waals surface area contributed by atoms with E-state index in [1.54, 1.807) is 0 Å². The molecule has 0 bridgehead atoms. The molecule has 0 atom stereocenters. The molecule has 0 aliphatic rings. The van der Waals surface area contributed by atoms with Crippen molar-refractivity contribution >= 4 is 66.2 Å². The zero-order chi connectivity index (χ0) is 40.2. The Balaban J connectivity index is 0. The number of nitrogens with zero attached hydrogens (tertiary/aromatic N) is 4. The van der Waals surface area contributed by atoms with Gasteiger partial charge in [-0.2, -0.15) is 0 Å². The molecule has 0 aromatic rings. The van der Waals surface area contributed by atoms with Gasteiger partial charge in [0.05, 0.1) is 0 Å². The summed E-state index contributed by atoms with van der Waals surface area (Å²) in [5.74, 6) is -5.26. The first-order valence-electron chi connectivity index (χ1n) is 19.9. The molecule has 0 fully saturated rings. The van der Waals surface area contributed by atoms with Crippen LogP contribution in [0, 0.1) is 45.3 Å². The third-order valence-corrected chi connectivity index (χ3v) is 128. The van der Waals surface area contributed by atoms with Crippen molar-refractivity contribution in [3.8, 4) is 24.3 Å². The van der Waals surface area contributed by atoms with E-state index in [1.807, 2.05) is 0 Å². The first-order chi connectivity index (χ1) is 24.8. The summed E-state index contributed by atoms with van der Waals surface area (Å²) < 4.78 is 0. The van der Waals surface area contributed by atoms with Gasteiger partial charge in [0.15, 0.2) is 0 Å². The van der Waals surface area contributed by atoms with Gasteiger partial charge in [-0.05, 0) is 0 Å². The molecule has 0 N–H and O–H groups in total. The number of nitriles is 4. The van der Waals surface area contributed by atoms with E-state index in [0.717, 1.165) is 119 Å². The van der Waals surface area contributed by atoms with Crippen LogP contribution in [-0.4, -0.2) is 61.6 Å². The van der Waals surface area contributed by atoms with Crippen molar-refractivity contribution in [2.45, 2.75) is 157 Å². The molecule has 0 aromatic heterocycles. The topological polar surface area (TPSA) is 95.2 Å². The maximum absolute atomic E-state index is 10.4. The third-order valence-electron chi connectivity index (χ3n) is 11.3. The third kappa shape index (κ3) is 10.3. The number of hydrogen-bond donors (Lipinski definition) is 0. The quantitative estimate of drug-likeness (QED) is 0.0511. The fraction of sp³-hybridized carbons (Fsp3) is 0.895. The van der Waals surface area contributed by atoms with Gasteiger partial charge in [0, 0.05) is 0 Å².